The lowest BCUT2D eigenvalue weighted by atomic mass is 9.95. The van der Waals surface area contributed by atoms with Crippen molar-refractivity contribution in [2.24, 2.45) is 0 Å². The zero-order valence-corrected chi connectivity index (χ0v) is 11.6. The van der Waals surface area contributed by atoms with Gasteiger partial charge in [0.1, 0.15) is 5.01 Å². The fraction of sp³-hybridized carbons (Fsp3) is 0.692. The molecule has 1 aromatic rings. The van der Waals surface area contributed by atoms with E-state index in [0.717, 1.165) is 17.8 Å². The maximum absolute atomic E-state index is 11.8. The molecule has 0 aromatic carbocycles. The predicted molar refractivity (Wildman–Crippen MR) is 73.5 cm³/mol. The molecule has 2 N–H and O–H groups in total. The Labute approximate surface area is 112 Å². The second-order valence-electron chi connectivity index (χ2n) is 4.88. The highest BCUT2D eigenvalue weighted by Crippen LogP contribution is 2.17. The molecule has 18 heavy (non-hydrogen) atoms. The topological polar surface area (TPSA) is 54.0 Å². The first-order valence-corrected chi connectivity index (χ1v) is 7.56. The Kier molecular flexibility index (Phi) is 5.13. The molecule has 2 rings (SSSR count). The second-order valence-corrected chi connectivity index (χ2v) is 5.80. The highest BCUT2D eigenvalue weighted by molar-refractivity contribution is 7.09. The lowest BCUT2D eigenvalue weighted by Gasteiger charge is -2.23. The summed E-state index contributed by atoms with van der Waals surface area (Å²) in [5, 5.41) is 9.29. The van der Waals surface area contributed by atoms with Gasteiger partial charge in [0.2, 0.25) is 5.91 Å². The summed E-state index contributed by atoms with van der Waals surface area (Å²) in [5.41, 5.74) is 0. The smallest absolute Gasteiger partial charge is 0.234 e. The van der Waals surface area contributed by atoms with Crippen LogP contribution >= 0.6 is 11.3 Å². The van der Waals surface area contributed by atoms with Gasteiger partial charge >= 0.3 is 0 Å². The molecule has 0 aliphatic heterocycles. The molecule has 0 bridgehead atoms. The quantitative estimate of drug-likeness (QED) is 0.860. The van der Waals surface area contributed by atoms with Crippen molar-refractivity contribution in [1.29, 1.82) is 0 Å². The Balaban J connectivity index is 1.68. The van der Waals surface area contributed by atoms with Gasteiger partial charge in [-0.2, -0.15) is 0 Å². The first-order chi connectivity index (χ1) is 8.75. The van der Waals surface area contributed by atoms with Crippen molar-refractivity contribution >= 4 is 17.2 Å². The summed E-state index contributed by atoms with van der Waals surface area (Å²) < 4.78 is 0. The third-order valence-electron chi connectivity index (χ3n) is 3.36. The highest BCUT2D eigenvalue weighted by atomic mass is 32.1. The minimum Gasteiger partial charge on any atom is -0.352 e. The van der Waals surface area contributed by atoms with Gasteiger partial charge in [-0.25, -0.2) is 4.98 Å². The molecule has 4 nitrogen and oxygen atoms in total. The van der Waals surface area contributed by atoms with Crippen molar-refractivity contribution in [2.75, 3.05) is 6.54 Å². The summed E-state index contributed by atoms with van der Waals surface area (Å²) in [6.07, 6.45) is 7.86. The molecule has 1 heterocycles. The molecule has 5 heteroatoms. The molecule has 1 aromatic heterocycles. The Morgan fingerprint density at radius 1 is 1.50 bits per heavy atom. The Morgan fingerprint density at radius 3 is 2.94 bits per heavy atom. The van der Waals surface area contributed by atoms with E-state index in [-0.39, 0.29) is 11.9 Å². The number of rotatable bonds is 5. The third-order valence-corrected chi connectivity index (χ3v) is 4.32. The molecule has 1 atom stereocenters. The number of hydrogen-bond acceptors (Lipinski definition) is 4. The van der Waals surface area contributed by atoms with Crippen LogP contribution in [0.3, 0.4) is 0 Å². The van der Waals surface area contributed by atoms with Gasteiger partial charge in [0.05, 0.1) is 12.6 Å². The summed E-state index contributed by atoms with van der Waals surface area (Å²) in [6, 6.07) is 0.533. The summed E-state index contributed by atoms with van der Waals surface area (Å²) in [5.74, 6) is 0.102. The summed E-state index contributed by atoms with van der Waals surface area (Å²) in [6.45, 7) is 2.41. The zero-order valence-electron chi connectivity index (χ0n) is 10.8. The predicted octanol–water partition coefficient (Wildman–Crippen LogP) is 2.24. The van der Waals surface area contributed by atoms with Gasteiger partial charge in [-0.1, -0.05) is 19.3 Å². The van der Waals surface area contributed by atoms with Gasteiger partial charge in [0, 0.05) is 17.6 Å². The van der Waals surface area contributed by atoms with Gasteiger partial charge in [0.15, 0.2) is 0 Å². The number of thiazole rings is 1. The van der Waals surface area contributed by atoms with Crippen LogP contribution in [0, 0.1) is 0 Å². The van der Waals surface area contributed by atoms with Crippen LogP contribution in [0.2, 0.25) is 0 Å². The lowest BCUT2D eigenvalue weighted by molar-refractivity contribution is -0.121. The van der Waals surface area contributed by atoms with Crippen LogP contribution in [0.15, 0.2) is 11.6 Å². The fourth-order valence-corrected chi connectivity index (χ4v) is 2.98. The van der Waals surface area contributed by atoms with Gasteiger partial charge in [-0.15, -0.1) is 11.3 Å². The van der Waals surface area contributed by atoms with E-state index in [1.807, 2.05) is 12.3 Å². The van der Waals surface area contributed by atoms with Crippen molar-refractivity contribution < 1.29 is 4.79 Å². The molecule has 100 valence electrons. The van der Waals surface area contributed by atoms with Crippen LogP contribution in [0.1, 0.15) is 50.1 Å². The molecule has 1 unspecified atom stereocenters. The first-order valence-electron chi connectivity index (χ1n) is 6.68. The molecule has 1 amide bonds. The number of hydrogen-bond donors (Lipinski definition) is 2. The number of nitrogens with one attached hydrogen (secondary N) is 2. The number of carbonyl (C=O) groups is 1. The Morgan fingerprint density at radius 2 is 2.28 bits per heavy atom. The van der Waals surface area contributed by atoms with Crippen LogP contribution in [-0.4, -0.2) is 23.5 Å². The maximum Gasteiger partial charge on any atom is 0.234 e. The number of amides is 1. The number of carbonyl (C=O) groups excluding carboxylic acids is 1. The van der Waals surface area contributed by atoms with Crippen molar-refractivity contribution in [3.63, 3.8) is 0 Å². The second kappa shape index (κ2) is 6.85. The molecule has 1 saturated carbocycles. The Hall–Kier alpha value is -0.940. The highest BCUT2D eigenvalue weighted by Gasteiger charge is 2.16. The molecule has 0 saturated heterocycles. The summed E-state index contributed by atoms with van der Waals surface area (Å²) >= 11 is 1.61. The SMILES string of the molecule is CC(NCC(=O)NC1CCCCC1)c1nccs1. The van der Waals surface area contributed by atoms with Crippen LogP contribution in [-0.2, 0) is 4.79 Å². The molecular weight excluding hydrogens is 246 g/mol. The number of aromatic nitrogens is 1. The molecule has 0 spiro atoms. The average molecular weight is 267 g/mol. The van der Waals surface area contributed by atoms with Crippen LogP contribution in [0.5, 0.6) is 0 Å². The van der Waals surface area contributed by atoms with E-state index >= 15 is 0 Å². The molecule has 0 radical (unpaired) electrons. The largest absolute Gasteiger partial charge is 0.352 e. The molecule has 1 fully saturated rings. The number of nitrogens with zero attached hydrogens (tertiary/aromatic N) is 1. The summed E-state index contributed by atoms with van der Waals surface area (Å²) in [7, 11) is 0. The maximum atomic E-state index is 11.8. The Bertz CT molecular complexity index is 360. The minimum absolute atomic E-state index is 0.102. The van der Waals surface area contributed by atoms with Gasteiger partial charge in [-0.05, 0) is 19.8 Å². The third kappa shape index (κ3) is 4.07. The summed E-state index contributed by atoms with van der Waals surface area (Å²) in [4.78, 5) is 16.0. The van der Waals surface area contributed by atoms with Crippen molar-refractivity contribution in [3.05, 3.63) is 16.6 Å². The van der Waals surface area contributed by atoms with E-state index in [0.29, 0.717) is 12.6 Å². The van der Waals surface area contributed by atoms with Crippen LogP contribution < -0.4 is 10.6 Å². The van der Waals surface area contributed by atoms with Gasteiger partial charge < -0.3 is 5.32 Å². The normalized spacial score (nSPS) is 18.5. The van der Waals surface area contributed by atoms with E-state index in [1.54, 1.807) is 17.5 Å². The van der Waals surface area contributed by atoms with E-state index < -0.39 is 0 Å². The van der Waals surface area contributed by atoms with E-state index in [4.69, 9.17) is 0 Å². The van der Waals surface area contributed by atoms with Crippen molar-refractivity contribution in [1.82, 2.24) is 15.6 Å². The molecular formula is C13H21N3OS. The van der Waals surface area contributed by atoms with Crippen molar-refractivity contribution in [3.8, 4) is 0 Å². The zero-order chi connectivity index (χ0) is 12.8. The molecule has 1 aliphatic rings. The van der Waals surface area contributed by atoms with Crippen molar-refractivity contribution in [2.45, 2.75) is 51.1 Å². The van der Waals surface area contributed by atoms with Gasteiger partial charge in [-0.3, -0.25) is 10.1 Å². The van der Waals surface area contributed by atoms with Crippen LogP contribution in [0.4, 0.5) is 0 Å². The average Bonchev–Trinajstić information content (AvgIpc) is 2.91. The standard InChI is InChI=1S/C13H21N3OS/c1-10(13-14-7-8-18-13)15-9-12(17)16-11-5-3-2-4-6-11/h7-8,10-11,15H,2-6,9H2,1H3,(H,16,17). The lowest BCUT2D eigenvalue weighted by Crippen LogP contribution is -2.41. The van der Waals surface area contributed by atoms with Crippen LogP contribution in [0.25, 0.3) is 0 Å². The first kappa shape index (κ1) is 13.5. The van der Waals surface area contributed by atoms with E-state index in [9.17, 15) is 4.79 Å². The van der Waals surface area contributed by atoms with E-state index in [2.05, 4.69) is 15.6 Å². The van der Waals surface area contributed by atoms with Gasteiger partial charge in [0.25, 0.3) is 0 Å². The molecule has 1 aliphatic carbocycles. The monoisotopic (exact) mass is 267 g/mol. The van der Waals surface area contributed by atoms with E-state index in [1.165, 1.54) is 19.3 Å². The minimum atomic E-state index is 0.102. The fourth-order valence-electron chi connectivity index (χ4n) is 2.31.